The lowest BCUT2D eigenvalue weighted by atomic mass is 10.0. The first-order valence-electron chi connectivity index (χ1n) is 11.8. The van der Waals surface area contributed by atoms with Gasteiger partial charge in [0.05, 0.1) is 19.8 Å². The van der Waals surface area contributed by atoms with Gasteiger partial charge in [0, 0.05) is 17.0 Å². The highest BCUT2D eigenvalue weighted by atomic mass is 19.2. The number of halogens is 4. The maximum absolute atomic E-state index is 14.4. The molecule has 1 saturated heterocycles. The molecule has 1 fully saturated rings. The van der Waals surface area contributed by atoms with Crippen LogP contribution in [0.1, 0.15) is 75.4 Å². The standard InChI is InChI=1S/C27H30F4O3/c1-3-5-7-8-19-16-33-27(34-17-19)20-12-9-18(10-13-20)11-14-21-22(28)24(30)26(25(31)23(21)29)32-15-6-4-2/h9-10,12-13,19,27H,3-8,15-17H2,1-2H3. The highest BCUT2D eigenvalue weighted by molar-refractivity contribution is 5.47. The van der Waals surface area contributed by atoms with Gasteiger partial charge in [0.2, 0.25) is 11.6 Å². The molecule has 0 unspecified atom stereocenters. The maximum atomic E-state index is 14.4. The van der Waals surface area contributed by atoms with E-state index in [1.54, 1.807) is 24.3 Å². The highest BCUT2D eigenvalue weighted by Gasteiger charge is 2.26. The fourth-order valence-electron chi connectivity index (χ4n) is 3.61. The SMILES string of the molecule is CCCCCC1COC(c2ccc(C#Cc3c(F)c(F)c(OCCCC)c(F)c3F)cc2)OC1. The van der Waals surface area contributed by atoms with E-state index in [4.69, 9.17) is 14.2 Å². The first-order chi connectivity index (χ1) is 16.5. The summed E-state index contributed by atoms with van der Waals surface area (Å²) in [7, 11) is 0. The van der Waals surface area contributed by atoms with Gasteiger partial charge in [0.25, 0.3) is 0 Å². The minimum absolute atomic E-state index is 0.0471. The van der Waals surface area contributed by atoms with Crippen molar-refractivity contribution in [3.63, 3.8) is 0 Å². The van der Waals surface area contributed by atoms with Gasteiger partial charge in [-0.15, -0.1) is 0 Å². The predicted octanol–water partition coefficient (Wildman–Crippen LogP) is 7.06. The summed E-state index contributed by atoms with van der Waals surface area (Å²) in [5, 5.41) is 0. The second kappa shape index (κ2) is 12.8. The van der Waals surface area contributed by atoms with Crippen LogP contribution in [0.4, 0.5) is 17.6 Å². The van der Waals surface area contributed by atoms with E-state index in [0.717, 1.165) is 18.4 Å². The monoisotopic (exact) mass is 478 g/mol. The third-order valence-corrected chi connectivity index (χ3v) is 5.66. The summed E-state index contributed by atoms with van der Waals surface area (Å²) in [4.78, 5) is 0. The normalized spacial score (nSPS) is 17.8. The van der Waals surface area contributed by atoms with Gasteiger partial charge in [0.1, 0.15) is 5.56 Å². The van der Waals surface area contributed by atoms with Crippen molar-refractivity contribution in [2.24, 2.45) is 5.92 Å². The van der Waals surface area contributed by atoms with Crippen molar-refractivity contribution in [2.75, 3.05) is 19.8 Å². The summed E-state index contributed by atoms with van der Waals surface area (Å²) in [6.45, 7) is 5.23. The molecule has 34 heavy (non-hydrogen) atoms. The van der Waals surface area contributed by atoms with E-state index in [9.17, 15) is 17.6 Å². The summed E-state index contributed by atoms with van der Waals surface area (Å²) in [5.41, 5.74) is 0.232. The zero-order valence-electron chi connectivity index (χ0n) is 19.6. The molecular formula is C27H30F4O3. The van der Waals surface area contributed by atoms with E-state index < -0.39 is 40.9 Å². The van der Waals surface area contributed by atoms with Crippen LogP contribution in [0.5, 0.6) is 5.75 Å². The lowest BCUT2D eigenvalue weighted by molar-refractivity contribution is -0.206. The van der Waals surface area contributed by atoms with Gasteiger partial charge in [-0.1, -0.05) is 63.5 Å². The Balaban J connectivity index is 1.67. The zero-order chi connectivity index (χ0) is 24.5. The molecule has 0 aromatic heterocycles. The van der Waals surface area contributed by atoms with E-state index in [1.165, 1.54) is 12.8 Å². The second-order valence-electron chi connectivity index (χ2n) is 8.39. The Bertz CT molecular complexity index is 974. The van der Waals surface area contributed by atoms with Crippen LogP contribution >= 0.6 is 0 Å². The van der Waals surface area contributed by atoms with Gasteiger partial charge < -0.3 is 14.2 Å². The third-order valence-electron chi connectivity index (χ3n) is 5.66. The van der Waals surface area contributed by atoms with Crippen LogP contribution in [0.3, 0.4) is 0 Å². The molecule has 0 radical (unpaired) electrons. The van der Waals surface area contributed by atoms with Crippen LogP contribution in [0.25, 0.3) is 0 Å². The smallest absolute Gasteiger partial charge is 0.205 e. The molecular weight excluding hydrogens is 448 g/mol. The van der Waals surface area contributed by atoms with Crippen LogP contribution in [-0.4, -0.2) is 19.8 Å². The Morgan fingerprint density at radius 1 is 0.824 bits per heavy atom. The molecule has 1 aliphatic rings. The summed E-state index contributed by atoms with van der Waals surface area (Å²) in [6, 6.07) is 6.75. The Labute approximate surface area is 198 Å². The Morgan fingerprint density at radius 3 is 2.03 bits per heavy atom. The second-order valence-corrected chi connectivity index (χ2v) is 8.39. The van der Waals surface area contributed by atoms with Crippen LogP contribution < -0.4 is 4.74 Å². The van der Waals surface area contributed by atoms with E-state index in [1.807, 2.05) is 6.92 Å². The van der Waals surface area contributed by atoms with Crippen LogP contribution in [0, 0.1) is 41.0 Å². The average Bonchev–Trinajstić information content (AvgIpc) is 2.86. The first-order valence-corrected chi connectivity index (χ1v) is 11.8. The number of hydrogen-bond donors (Lipinski definition) is 0. The quantitative estimate of drug-likeness (QED) is 0.167. The van der Waals surface area contributed by atoms with Crippen molar-refractivity contribution in [3.05, 3.63) is 64.2 Å². The third kappa shape index (κ3) is 6.52. The molecule has 0 N–H and O–H groups in total. The average molecular weight is 479 g/mol. The molecule has 2 aromatic rings. The summed E-state index contributed by atoms with van der Waals surface area (Å²) >= 11 is 0. The zero-order valence-corrected chi connectivity index (χ0v) is 19.6. The fourth-order valence-corrected chi connectivity index (χ4v) is 3.61. The summed E-state index contributed by atoms with van der Waals surface area (Å²) < 4.78 is 73.7. The first kappa shape index (κ1) is 26.1. The lowest BCUT2D eigenvalue weighted by Gasteiger charge is -2.29. The van der Waals surface area contributed by atoms with E-state index in [-0.39, 0.29) is 6.61 Å². The molecule has 0 saturated carbocycles. The molecule has 0 bridgehead atoms. The molecule has 0 amide bonds. The van der Waals surface area contributed by atoms with Crippen molar-refractivity contribution in [1.82, 2.24) is 0 Å². The Kier molecular flexibility index (Phi) is 9.79. The molecule has 0 atom stereocenters. The van der Waals surface area contributed by atoms with Gasteiger partial charge in [-0.25, -0.2) is 8.78 Å². The van der Waals surface area contributed by atoms with Gasteiger partial charge >= 0.3 is 0 Å². The van der Waals surface area contributed by atoms with Crippen LogP contribution in [0.15, 0.2) is 24.3 Å². The number of benzene rings is 2. The number of unbranched alkanes of at least 4 members (excludes halogenated alkanes) is 3. The van der Waals surface area contributed by atoms with E-state index >= 15 is 0 Å². The molecule has 3 nitrogen and oxygen atoms in total. The molecule has 0 aliphatic carbocycles. The molecule has 3 rings (SSSR count). The van der Waals surface area contributed by atoms with Crippen molar-refractivity contribution in [3.8, 4) is 17.6 Å². The topological polar surface area (TPSA) is 27.7 Å². The number of ether oxygens (including phenoxy) is 3. The molecule has 1 heterocycles. The number of hydrogen-bond acceptors (Lipinski definition) is 3. The molecule has 184 valence electrons. The largest absolute Gasteiger partial charge is 0.487 e. The van der Waals surface area contributed by atoms with E-state index in [2.05, 4.69) is 18.8 Å². The van der Waals surface area contributed by atoms with Crippen molar-refractivity contribution in [2.45, 2.75) is 58.7 Å². The maximum Gasteiger partial charge on any atom is 0.205 e. The molecule has 2 aromatic carbocycles. The van der Waals surface area contributed by atoms with Crippen LogP contribution in [-0.2, 0) is 9.47 Å². The Morgan fingerprint density at radius 2 is 1.44 bits per heavy atom. The van der Waals surface area contributed by atoms with Crippen LogP contribution in [0.2, 0.25) is 0 Å². The van der Waals surface area contributed by atoms with Gasteiger partial charge in [-0.2, -0.15) is 8.78 Å². The lowest BCUT2D eigenvalue weighted by Crippen LogP contribution is -2.27. The molecule has 0 spiro atoms. The van der Waals surface area contributed by atoms with Crippen molar-refractivity contribution in [1.29, 1.82) is 0 Å². The van der Waals surface area contributed by atoms with Crippen molar-refractivity contribution >= 4 is 0 Å². The van der Waals surface area contributed by atoms with Gasteiger partial charge in [0.15, 0.2) is 23.7 Å². The minimum atomic E-state index is -1.59. The predicted molar refractivity (Wildman–Crippen MR) is 121 cm³/mol. The van der Waals surface area contributed by atoms with E-state index in [0.29, 0.717) is 37.5 Å². The highest BCUT2D eigenvalue weighted by Crippen LogP contribution is 2.30. The van der Waals surface area contributed by atoms with Gasteiger partial charge in [-0.05, 0) is 25.0 Å². The number of rotatable bonds is 9. The summed E-state index contributed by atoms with van der Waals surface area (Å²) in [6.07, 6.45) is 5.33. The van der Waals surface area contributed by atoms with Gasteiger partial charge in [-0.3, -0.25) is 0 Å². The summed E-state index contributed by atoms with van der Waals surface area (Å²) in [5.74, 6) is -2.24. The Hall–Kier alpha value is -2.56. The fraction of sp³-hybridized carbons (Fsp3) is 0.481. The molecule has 7 heteroatoms. The molecule has 1 aliphatic heterocycles. The van der Waals surface area contributed by atoms with Crippen molar-refractivity contribution < 1.29 is 31.8 Å². The minimum Gasteiger partial charge on any atom is -0.487 e.